The molecule has 0 unspecified atom stereocenters. The molecule has 3 rings (SSSR count). The number of rotatable bonds is 7. The Hall–Kier alpha value is -2.89. The second kappa shape index (κ2) is 8.66. The van der Waals surface area contributed by atoms with Gasteiger partial charge >= 0.3 is 5.97 Å². The van der Waals surface area contributed by atoms with Gasteiger partial charge in [0.1, 0.15) is 6.61 Å². The zero-order valence-electron chi connectivity index (χ0n) is 15.2. The number of ether oxygens (including phenoxy) is 2. The Morgan fingerprint density at radius 2 is 1.96 bits per heavy atom. The van der Waals surface area contributed by atoms with Crippen molar-refractivity contribution in [3.05, 3.63) is 65.5 Å². The van der Waals surface area contributed by atoms with Gasteiger partial charge in [0.2, 0.25) is 5.91 Å². The van der Waals surface area contributed by atoms with E-state index in [9.17, 15) is 14.0 Å². The summed E-state index contributed by atoms with van der Waals surface area (Å²) in [5, 5.41) is 0. The van der Waals surface area contributed by atoms with Crippen LogP contribution in [0.5, 0.6) is 5.75 Å². The van der Waals surface area contributed by atoms with Crippen molar-refractivity contribution < 1.29 is 23.5 Å². The average Bonchev–Trinajstić information content (AvgIpc) is 3.06. The van der Waals surface area contributed by atoms with Gasteiger partial charge in [0.05, 0.1) is 13.0 Å². The summed E-state index contributed by atoms with van der Waals surface area (Å²) < 4.78 is 23.8. The van der Waals surface area contributed by atoms with E-state index in [1.807, 2.05) is 30.3 Å². The van der Waals surface area contributed by atoms with Crippen molar-refractivity contribution in [2.24, 2.45) is 5.92 Å². The third kappa shape index (κ3) is 4.84. The standard InChI is InChI=1S/C21H22FNO4/c1-26-19-8-7-16(11-18(19)22)14-27-21(25)17-12-20(24)23(13-17)10-9-15-5-3-2-4-6-15/h2-8,11,17H,9-10,12-14H2,1H3/t17-/m1/s1. The van der Waals surface area contributed by atoms with Crippen LogP contribution < -0.4 is 4.74 Å². The Kier molecular flexibility index (Phi) is 6.06. The number of likely N-dealkylation sites (tertiary alicyclic amines) is 1. The summed E-state index contributed by atoms with van der Waals surface area (Å²) in [4.78, 5) is 26.1. The van der Waals surface area contributed by atoms with Crippen LogP contribution in [0.2, 0.25) is 0 Å². The van der Waals surface area contributed by atoms with E-state index >= 15 is 0 Å². The van der Waals surface area contributed by atoms with E-state index in [4.69, 9.17) is 9.47 Å². The van der Waals surface area contributed by atoms with Gasteiger partial charge in [0.15, 0.2) is 11.6 Å². The molecule has 0 bridgehead atoms. The molecule has 1 atom stereocenters. The average molecular weight is 371 g/mol. The number of hydrogen-bond donors (Lipinski definition) is 0. The van der Waals surface area contributed by atoms with E-state index < -0.39 is 17.7 Å². The van der Waals surface area contributed by atoms with Crippen molar-refractivity contribution in [3.8, 4) is 5.75 Å². The first kappa shape index (κ1) is 18.9. The highest BCUT2D eigenvalue weighted by Gasteiger charge is 2.35. The molecule has 27 heavy (non-hydrogen) atoms. The molecular weight excluding hydrogens is 349 g/mol. The summed E-state index contributed by atoms with van der Waals surface area (Å²) in [6.07, 6.45) is 0.907. The number of esters is 1. The zero-order valence-corrected chi connectivity index (χ0v) is 15.2. The van der Waals surface area contributed by atoms with Crippen molar-refractivity contribution in [2.45, 2.75) is 19.4 Å². The van der Waals surface area contributed by atoms with Gasteiger partial charge < -0.3 is 14.4 Å². The first-order valence-electron chi connectivity index (χ1n) is 8.87. The van der Waals surface area contributed by atoms with Crippen molar-refractivity contribution in [1.82, 2.24) is 4.90 Å². The van der Waals surface area contributed by atoms with Gasteiger partial charge in [0, 0.05) is 19.5 Å². The third-order valence-corrected chi connectivity index (χ3v) is 4.66. The molecule has 1 aliphatic heterocycles. The van der Waals surface area contributed by atoms with Gasteiger partial charge in [-0.2, -0.15) is 0 Å². The third-order valence-electron chi connectivity index (χ3n) is 4.66. The molecule has 2 aromatic rings. The van der Waals surface area contributed by atoms with Crippen LogP contribution in [-0.2, 0) is 27.4 Å². The molecule has 6 heteroatoms. The molecular formula is C21H22FNO4. The van der Waals surface area contributed by atoms with Crippen LogP contribution in [0, 0.1) is 11.7 Å². The first-order chi connectivity index (χ1) is 13.1. The number of hydrogen-bond acceptors (Lipinski definition) is 4. The number of amides is 1. The number of carbonyl (C=O) groups excluding carboxylic acids is 2. The van der Waals surface area contributed by atoms with E-state index in [1.165, 1.54) is 19.2 Å². The zero-order chi connectivity index (χ0) is 19.2. The predicted octanol–water partition coefficient (Wildman–Crippen LogP) is 2.97. The molecule has 1 aliphatic rings. The highest BCUT2D eigenvalue weighted by Crippen LogP contribution is 2.22. The van der Waals surface area contributed by atoms with E-state index in [0.717, 1.165) is 12.0 Å². The first-order valence-corrected chi connectivity index (χ1v) is 8.87. The van der Waals surface area contributed by atoms with Gasteiger partial charge in [-0.25, -0.2) is 4.39 Å². The second-order valence-corrected chi connectivity index (χ2v) is 6.55. The lowest BCUT2D eigenvalue weighted by atomic mass is 10.1. The summed E-state index contributed by atoms with van der Waals surface area (Å²) in [5.41, 5.74) is 1.68. The van der Waals surface area contributed by atoms with Gasteiger partial charge in [-0.3, -0.25) is 9.59 Å². The summed E-state index contributed by atoms with van der Waals surface area (Å²) in [5.74, 6) is -1.31. The van der Waals surface area contributed by atoms with Crippen LogP contribution >= 0.6 is 0 Å². The maximum Gasteiger partial charge on any atom is 0.311 e. The van der Waals surface area contributed by atoms with Crippen molar-refractivity contribution in [2.75, 3.05) is 20.2 Å². The molecule has 1 amide bonds. The molecule has 0 saturated carbocycles. The number of benzene rings is 2. The van der Waals surface area contributed by atoms with Crippen molar-refractivity contribution >= 4 is 11.9 Å². The Bertz CT molecular complexity index is 809. The minimum Gasteiger partial charge on any atom is -0.494 e. The number of halogens is 1. The van der Waals surface area contributed by atoms with Gasteiger partial charge in [-0.1, -0.05) is 36.4 Å². The number of carbonyl (C=O) groups is 2. The van der Waals surface area contributed by atoms with Gasteiger partial charge in [-0.15, -0.1) is 0 Å². The van der Waals surface area contributed by atoms with E-state index in [2.05, 4.69) is 0 Å². The lowest BCUT2D eigenvalue weighted by Crippen LogP contribution is -2.28. The van der Waals surface area contributed by atoms with Crippen LogP contribution in [0.1, 0.15) is 17.5 Å². The molecule has 1 saturated heterocycles. The van der Waals surface area contributed by atoms with E-state index in [1.54, 1.807) is 11.0 Å². The quantitative estimate of drug-likeness (QED) is 0.702. The molecule has 1 heterocycles. The fourth-order valence-electron chi connectivity index (χ4n) is 3.13. The van der Waals surface area contributed by atoms with Crippen molar-refractivity contribution in [3.63, 3.8) is 0 Å². The lowest BCUT2D eigenvalue weighted by molar-refractivity contribution is -0.149. The SMILES string of the molecule is COc1ccc(COC(=O)[C@@H]2CC(=O)N(CCc3ccccc3)C2)cc1F. The Morgan fingerprint density at radius 1 is 1.19 bits per heavy atom. The molecule has 2 aromatic carbocycles. The lowest BCUT2D eigenvalue weighted by Gasteiger charge is -2.16. The van der Waals surface area contributed by atoms with E-state index in [0.29, 0.717) is 18.7 Å². The molecule has 0 spiro atoms. The molecule has 0 aromatic heterocycles. The highest BCUT2D eigenvalue weighted by molar-refractivity contribution is 5.86. The smallest absolute Gasteiger partial charge is 0.311 e. The maximum atomic E-state index is 13.7. The molecule has 142 valence electrons. The summed E-state index contributed by atoms with van der Waals surface area (Å²) >= 11 is 0. The van der Waals surface area contributed by atoms with Crippen molar-refractivity contribution in [1.29, 1.82) is 0 Å². The molecule has 5 nitrogen and oxygen atoms in total. The second-order valence-electron chi connectivity index (χ2n) is 6.55. The molecule has 1 fully saturated rings. The largest absolute Gasteiger partial charge is 0.494 e. The van der Waals surface area contributed by atoms with Gasteiger partial charge in [-0.05, 0) is 29.7 Å². The Balaban J connectivity index is 1.49. The normalized spacial score (nSPS) is 16.4. The summed E-state index contributed by atoms with van der Waals surface area (Å²) in [6, 6.07) is 14.3. The molecule has 0 N–H and O–H groups in total. The Morgan fingerprint density at radius 3 is 2.67 bits per heavy atom. The fourth-order valence-corrected chi connectivity index (χ4v) is 3.13. The highest BCUT2D eigenvalue weighted by atomic mass is 19.1. The topological polar surface area (TPSA) is 55.8 Å². The number of nitrogens with zero attached hydrogens (tertiary/aromatic N) is 1. The van der Waals surface area contributed by atoms with Crippen LogP contribution in [0.4, 0.5) is 4.39 Å². The molecule has 0 radical (unpaired) electrons. The minimum absolute atomic E-state index is 0.0333. The monoisotopic (exact) mass is 371 g/mol. The van der Waals surface area contributed by atoms with Crippen LogP contribution in [0.25, 0.3) is 0 Å². The van der Waals surface area contributed by atoms with Crippen LogP contribution in [-0.4, -0.2) is 37.0 Å². The predicted molar refractivity (Wildman–Crippen MR) is 97.6 cm³/mol. The summed E-state index contributed by atoms with van der Waals surface area (Å²) in [7, 11) is 1.39. The summed E-state index contributed by atoms with van der Waals surface area (Å²) in [6.45, 7) is 0.909. The maximum absolute atomic E-state index is 13.7. The van der Waals surface area contributed by atoms with Crippen LogP contribution in [0.15, 0.2) is 48.5 Å². The Labute approximate surface area is 157 Å². The molecule has 0 aliphatic carbocycles. The fraction of sp³-hybridized carbons (Fsp3) is 0.333. The minimum atomic E-state index is -0.505. The number of methoxy groups -OCH3 is 1. The van der Waals surface area contributed by atoms with E-state index in [-0.39, 0.29) is 24.7 Å². The van der Waals surface area contributed by atoms with Gasteiger partial charge in [0.25, 0.3) is 0 Å². The van der Waals surface area contributed by atoms with Crippen LogP contribution in [0.3, 0.4) is 0 Å².